The largest absolute Gasteiger partial charge is 0.434 e. The number of hydrogen-bond acceptors (Lipinski definition) is 3. The maximum absolute atomic E-state index is 12.8. The quantitative estimate of drug-likeness (QED) is 0.692. The van der Waals surface area contributed by atoms with Gasteiger partial charge in [0.25, 0.3) is 0 Å². The van der Waals surface area contributed by atoms with E-state index in [2.05, 4.69) is 10.3 Å². The number of aromatic nitrogens is 2. The fraction of sp³-hybridized carbons (Fsp3) is 0.333. The maximum Gasteiger partial charge on any atom is 0.434 e. The highest BCUT2D eigenvalue weighted by molar-refractivity contribution is 5.57. The van der Waals surface area contributed by atoms with Crippen molar-refractivity contribution in [3.8, 4) is 17.6 Å². The monoisotopic (exact) mass is 308 g/mol. The van der Waals surface area contributed by atoms with E-state index >= 15 is 0 Å². The summed E-state index contributed by atoms with van der Waals surface area (Å²) in [5.74, 6) is 0.280. The van der Waals surface area contributed by atoms with E-state index in [1.807, 2.05) is 6.19 Å². The summed E-state index contributed by atoms with van der Waals surface area (Å²) >= 11 is 0. The second-order valence-electron chi connectivity index (χ2n) is 5.11. The first-order valence-electron chi connectivity index (χ1n) is 6.70. The number of imidazole rings is 1. The van der Waals surface area contributed by atoms with Gasteiger partial charge in [-0.15, -0.1) is 0 Å². The van der Waals surface area contributed by atoms with E-state index in [1.54, 1.807) is 38.1 Å². The van der Waals surface area contributed by atoms with Crippen molar-refractivity contribution in [1.29, 1.82) is 5.26 Å². The zero-order chi connectivity index (χ0) is 16.3. The molecule has 22 heavy (non-hydrogen) atoms. The van der Waals surface area contributed by atoms with Crippen LogP contribution < -0.4 is 5.32 Å². The molecular weight excluding hydrogens is 293 g/mol. The van der Waals surface area contributed by atoms with E-state index in [9.17, 15) is 13.2 Å². The van der Waals surface area contributed by atoms with Gasteiger partial charge in [-0.25, -0.2) is 4.98 Å². The van der Waals surface area contributed by atoms with E-state index in [1.165, 1.54) is 4.57 Å². The number of nitriles is 1. The lowest BCUT2D eigenvalue weighted by Gasteiger charge is -2.11. The van der Waals surface area contributed by atoms with Gasteiger partial charge in [0.1, 0.15) is 5.82 Å². The molecule has 0 atom stereocenters. The first-order valence-corrected chi connectivity index (χ1v) is 6.70. The zero-order valence-electron chi connectivity index (χ0n) is 12.1. The average molecular weight is 308 g/mol. The zero-order valence-corrected chi connectivity index (χ0v) is 12.1. The lowest BCUT2D eigenvalue weighted by Crippen LogP contribution is -2.05. The standard InChI is InChI=1S/C15H15F3N4/c1-10(2)22-8-13(15(16,17)18)21-14(22)12-5-3-11(4-6-12)7-20-9-19/h3-6,8,10,20H,7H2,1-2H3. The molecule has 7 heteroatoms. The Morgan fingerprint density at radius 3 is 2.41 bits per heavy atom. The predicted octanol–water partition coefficient (Wildman–Crippen LogP) is 3.72. The number of nitrogens with one attached hydrogen (secondary N) is 1. The summed E-state index contributed by atoms with van der Waals surface area (Å²) in [5.41, 5.74) is 0.570. The molecule has 0 aliphatic carbocycles. The summed E-state index contributed by atoms with van der Waals surface area (Å²) < 4.78 is 40.1. The molecule has 0 aliphatic heterocycles. The molecule has 0 unspecified atom stereocenters. The molecule has 0 saturated heterocycles. The van der Waals surface area contributed by atoms with Crippen molar-refractivity contribution < 1.29 is 13.2 Å². The summed E-state index contributed by atoms with van der Waals surface area (Å²) in [7, 11) is 0. The van der Waals surface area contributed by atoms with Crippen LogP contribution >= 0.6 is 0 Å². The molecule has 0 radical (unpaired) electrons. The van der Waals surface area contributed by atoms with Crippen molar-refractivity contribution in [1.82, 2.24) is 14.9 Å². The normalized spacial score (nSPS) is 11.5. The Morgan fingerprint density at radius 1 is 1.27 bits per heavy atom. The van der Waals surface area contributed by atoms with Crippen LogP contribution in [0, 0.1) is 11.5 Å². The van der Waals surface area contributed by atoms with Crippen LogP contribution in [0.25, 0.3) is 11.4 Å². The molecular formula is C15H15F3N4. The van der Waals surface area contributed by atoms with Crippen LogP contribution in [0.15, 0.2) is 30.5 Å². The molecule has 1 N–H and O–H groups in total. The van der Waals surface area contributed by atoms with Crippen molar-refractivity contribution in [3.05, 3.63) is 41.7 Å². The van der Waals surface area contributed by atoms with E-state index in [4.69, 9.17) is 5.26 Å². The lowest BCUT2D eigenvalue weighted by molar-refractivity contribution is -0.140. The van der Waals surface area contributed by atoms with Crippen molar-refractivity contribution in [3.63, 3.8) is 0 Å². The van der Waals surface area contributed by atoms with Crippen molar-refractivity contribution in [2.45, 2.75) is 32.6 Å². The molecule has 2 rings (SSSR count). The SMILES string of the molecule is CC(C)n1cc(C(F)(F)F)nc1-c1ccc(CNC#N)cc1. The molecule has 116 valence electrons. The van der Waals surface area contributed by atoms with Crippen LogP contribution in [0.1, 0.15) is 31.1 Å². The molecule has 2 aromatic rings. The molecule has 0 spiro atoms. The third kappa shape index (κ3) is 3.39. The number of halogens is 3. The van der Waals surface area contributed by atoms with Crippen LogP contribution in [-0.2, 0) is 12.7 Å². The minimum absolute atomic E-state index is 0.140. The highest BCUT2D eigenvalue weighted by atomic mass is 19.4. The second-order valence-corrected chi connectivity index (χ2v) is 5.11. The van der Waals surface area contributed by atoms with Crippen molar-refractivity contribution in [2.24, 2.45) is 0 Å². The van der Waals surface area contributed by atoms with E-state index in [0.29, 0.717) is 12.1 Å². The van der Waals surface area contributed by atoms with Crippen LogP contribution in [0.4, 0.5) is 13.2 Å². The minimum atomic E-state index is -4.47. The third-order valence-corrected chi connectivity index (χ3v) is 3.16. The minimum Gasteiger partial charge on any atom is -0.328 e. The van der Waals surface area contributed by atoms with Gasteiger partial charge >= 0.3 is 6.18 Å². The van der Waals surface area contributed by atoms with Crippen LogP contribution in [-0.4, -0.2) is 9.55 Å². The van der Waals surface area contributed by atoms with Gasteiger partial charge in [0.2, 0.25) is 0 Å². The van der Waals surface area contributed by atoms with Crippen LogP contribution in [0.2, 0.25) is 0 Å². The van der Waals surface area contributed by atoms with Gasteiger partial charge in [-0.3, -0.25) is 0 Å². The summed E-state index contributed by atoms with van der Waals surface area (Å²) in [5, 5.41) is 11.0. The topological polar surface area (TPSA) is 53.6 Å². The number of hydrogen-bond donors (Lipinski definition) is 1. The van der Waals surface area contributed by atoms with Crippen LogP contribution in [0.3, 0.4) is 0 Å². The Balaban J connectivity index is 2.39. The van der Waals surface area contributed by atoms with Gasteiger partial charge in [0.15, 0.2) is 11.9 Å². The van der Waals surface area contributed by atoms with Crippen molar-refractivity contribution >= 4 is 0 Å². The number of nitrogens with zero attached hydrogens (tertiary/aromatic N) is 3. The Bertz CT molecular complexity index is 678. The molecule has 0 saturated carbocycles. The van der Waals surface area contributed by atoms with E-state index in [-0.39, 0.29) is 11.9 Å². The summed E-state index contributed by atoms with van der Waals surface area (Å²) in [4.78, 5) is 3.73. The van der Waals surface area contributed by atoms with Gasteiger partial charge in [0, 0.05) is 24.3 Å². The highest BCUT2D eigenvalue weighted by Gasteiger charge is 2.35. The van der Waals surface area contributed by atoms with E-state index < -0.39 is 11.9 Å². The van der Waals surface area contributed by atoms with Crippen LogP contribution in [0.5, 0.6) is 0 Å². The smallest absolute Gasteiger partial charge is 0.328 e. The first kappa shape index (κ1) is 15.9. The van der Waals surface area contributed by atoms with Gasteiger partial charge in [-0.1, -0.05) is 24.3 Å². The molecule has 1 aromatic heterocycles. The summed E-state index contributed by atoms with van der Waals surface area (Å²) in [6, 6.07) is 6.78. The Labute approximate surface area is 126 Å². The number of alkyl halides is 3. The van der Waals surface area contributed by atoms with Crippen molar-refractivity contribution in [2.75, 3.05) is 0 Å². The molecule has 1 aromatic carbocycles. The Morgan fingerprint density at radius 2 is 1.91 bits per heavy atom. The molecule has 1 heterocycles. The Kier molecular flexibility index (Phi) is 4.40. The Hall–Kier alpha value is -2.49. The predicted molar refractivity (Wildman–Crippen MR) is 75.5 cm³/mol. The van der Waals surface area contributed by atoms with Gasteiger partial charge in [-0.2, -0.15) is 18.4 Å². The second kappa shape index (κ2) is 6.10. The molecule has 0 bridgehead atoms. The molecule has 0 fully saturated rings. The summed E-state index contributed by atoms with van der Waals surface area (Å²) in [6.07, 6.45) is -1.62. The maximum atomic E-state index is 12.8. The number of rotatable bonds is 4. The van der Waals surface area contributed by atoms with Gasteiger partial charge in [0.05, 0.1) is 0 Å². The first-order chi connectivity index (χ1) is 10.3. The molecule has 0 amide bonds. The fourth-order valence-corrected chi connectivity index (χ4v) is 2.05. The number of benzene rings is 1. The summed E-state index contributed by atoms with van der Waals surface area (Å²) in [6.45, 7) is 3.98. The van der Waals surface area contributed by atoms with E-state index in [0.717, 1.165) is 11.8 Å². The third-order valence-electron chi connectivity index (χ3n) is 3.16. The highest BCUT2D eigenvalue weighted by Crippen LogP contribution is 2.32. The van der Waals surface area contributed by atoms with Gasteiger partial charge in [-0.05, 0) is 19.4 Å². The average Bonchev–Trinajstić information content (AvgIpc) is 2.91. The van der Waals surface area contributed by atoms with Gasteiger partial charge < -0.3 is 9.88 Å². The molecule has 4 nitrogen and oxygen atoms in total. The fourth-order valence-electron chi connectivity index (χ4n) is 2.05. The molecule has 0 aliphatic rings. The lowest BCUT2D eigenvalue weighted by atomic mass is 10.1.